The van der Waals surface area contributed by atoms with Gasteiger partial charge in [0.05, 0.1) is 18.3 Å². The number of rotatable bonds is 7. The van der Waals surface area contributed by atoms with Crippen LogP contribution >= 0.6 is 24.0 Å². The molecule has 0 aliphatic heterocycles. The SMILES string of the molecule is CCOC1CC(NC(=NC)NCc2nc(C)c(C)o2)C1(CC)CC.I. The first-order chi connectivity index (χ1) is 11.5. The van der Waals surface area contributed by atoms with E-state index in [1.807, 2.05) is 13.8 Å². The van der Waals surface area contributed by atoms with Crippen molar-refractivity contribution in [3.8, 4) is 0 Å². The van der Waals surface area contributed by atoms with E-state index in [1.165, 1.54) is 0 Å². The molecule has 0 saturated heterocycles. The summed E-state index contributed by atoms with van der Waals surface area (Å²) >= 11 is 0. The Labute approximate surface area is 168 Å². The van der Waals surface area contributed by atoms with Gasteiger partial charge in [0, 0.05) is 25.1 Å². The van der Waals surface area contributed by atoms with Crippen LogP contribution < -0.4 is 10.6 Å². The van der Waals surface area contributed by atoms with Crippen LogP contribution in [0.1, 0.15) is 57.4 Å². The predicted molar refractivity (Wildman–Crippen MR) is 112 cm³/mol. The molecule has 0 spiro atoms. The van der Waals surface area contributed by atoms with Gasteiger partial charge in [-0.3, -0.25) is 4.99 Å². The second-order valence-corrected chi connectivity index (χ2v) is 6.49. The van der Waals surface area contributed by atoms with Gasteiger partial charge >= 0.3 is 0 Å². The molecule has 1 aliphatic rings. The minimum absolute atomic E-state index is 0. The Morgan fingerprint density at radius 1 is 1.32 bits per heavy atom. The average Bonchev–Trinajstić information content (AvgIpc) is 2.89. The molecule has 144 valence electrons. The molecule has 1 aromatic rings. The van der Waals surface area contributed by atoms with Gasteiger partial charge in [-0.1, -0.05) is 13.8 Å². The minimum Gasteiger partial charge on any atom is -0.444 e. The van der Waals surface area contributed by atoms with Crippen LogP contribution in [0.2, 0.25) is 0 Å². The van der Waals surface area contributed by atoms with Crippen LogP contribution in [0.3, 0.4) is 0 Å². The highest BCUT2D eigenvalue weighted by Crippen LogP contribution is 2.48. The Hall–Kier alpha value is -0.830. The van der Waals surface area contributed by atoms with Gasteiger partial charge in [-0.25, -0.2) is 4.98 Å². The summed E-state index contributed by atoms with van der Waals surface area (Å²) in [5, 5.41) is 6.87. The molecule has 6 nitrogen and oxygen atoms in total. The van der Waals surface area contributed by atoms with Crippen LogP contribution in [0, 0.1) is 19.3 Å². The van der Waals surface area contributed by atoms with Crippen molar-refractivity contribution in [2.45, 2.75) is 72.6 Å². The Balaban J connectivity index is 0.00000312. The number of nitrogens with zero attached hydrogens (tertiary/aromatic N) is 2. The zero-order chi connectivity index (χ0) is 17.7. The molecule has 0 bridgehead atoms. The van der Waals surface area contributed by atoms with Gasteiger partial charge in [0.2, 0.25) is 5.89 Å². The summed E-state index contributed by atoms with van der Waals surface area (Å²) in [5.74, 6) is 2.34. The Morgan fingerprint density at radius 3 is 2.48 bits per heavy atom. The normalized spacial score (nSPS) is 22.1. The van der Waals surface area contributed by atoms with E-state index >= 15 is 0 Å². The van der Waals surface area contributed by atoms with E-state index in [4.69, 9.17) is 9.15 Å². The highest BCUT2D eigenvalue weighted by atomic mass is 127. The molecule has 0 aromatic carbocycles. The third kappa shape index (κ3) is 4.67. The third-order valence-electron chi connectivity index (χ3n) is 5.48. The smallest absolute Gasteiger partial charge is 0.214 e. The maximum Gasteiger partial charge on any atom is 0.214 e. The average molecular weight is 464 g/mol. The molecule has 0 amide bonds. The Bertz CT molecular complexity index is 550. The number of ether oxygens (including phenoxy) is 1. The largest absolute Gasteiger partial charge is 0.444 e. The number of oxazole rings is 1. The van der Waals surface area contributed by atoms with Crippen LogP contribution in [0.25, 0.3) is 0 Å². The fourth-order valence-electron chi connectivity index (χ4n) is 3.72. The standard InChI is InChI=1S/C18H32N4O2.HI/c1-7-18(8-2)14(10-15(18)23-9-3)22-17(19-6)20-11-16-21-12(4)13(5)24-16;/h14-15H,7-11H2,1-6H3,(H2,19,20,22);1H. The van der Waals surface area contributed by atoms with Gasteiger partial charge in [-0.15, -0.1) is 24.0 Å². The van der Waals surface area contributed by atoms with Gasteiger partial charge in [-0.2, -0.15) is 0 Å². The van der Waals surface area contributed by atoms with E-state index < -0.39 is 0 Å². The van der Waals surface area contributed by atoms with Crippen LogP contribution in [0.15, 0.2) is 9.41 Å². The highest BCUT2D eigenvalue weighted by Gasteiger charge is 2.53. The number of aliphatic imine (C=N–C) groups is 1. The lowest BCUT2D eigenvalue weighted by Crippen LogP contribution is -2.65. The van der Waals surface area contributed by atoms with Crippen LogP contribution in [0.4, 0.5) is 0 Å². The monoisotopic (exact) mass is 464 g/mol. The lowest BCUT2D eigenvalue weighted by atomic mass is 9.58. The number of halogens is 1. The van der Waals surface area contributed by atoms with E-state index in [2.05, 4.69) is 41.4 Å². The van der Waals surface area contributed by atoms with Crippen LogP contribution in [-0.2, 0) is 11.3 Å². The van der Waals surface area contributed by atoms with Crippen LogP contribution in [0.5, 0.6) is 0 Å². The molecule has 2 unspecified atom stereocenters. The molecule has 1 aliphatic carbocycles. The van der Waals surface area contributed by atoms with Crippen molar-refractivity contribution in [2.24, 2.45) is 10.4 Å². The van der Waals surface area contributed by atoms with Crippen molar-refractivity contribution in [2.75, 3.05) is 13.7 Å². The van der Waals surface area contributed by atoms with Gasteiger partial charge in [0.15, 0.2) is 5.96 Å². The summed E-state index contributed by atoms with van der Waals surface area (Å²) in [5.41, 5.74) is 1.12. The first-order valence-corrected chi connectivity index (χ1v) is 9.02. The van der Waals surface area contributed by atoms with Crippen molar-refractivity contribution in [1.29, 1.82) is 0 Å². The Morgan fingerprint density at radius 2 is 2.00 bits per heavy atom. The van der Waals surface area contributed by atoms with Gasteiger partial charge in [-0.05, 0) is 40.0 Å². The molecule has 1 saturated carbocycles. The number of aryl methyl sites for hydroxylation is 2. The molecule has 1 fully saturated rings. The van der Waals surface area contributed by atoms with Crippen molar-refractivity contribution < 1.29 is 9.15 Å². The number of nitrogens with one attached hydrogen (secondary N) is 2. The van der Waals surface area contributed by atoms with E-state index in [0.717, 1.165) is 43.3 Å². The summed E-state index contributed by atoms with van der Waals surface area (Å²) in [4.78, 5) is 8.74. The maximum atomic E-state index is 5.94. The van der Waals surface area contributed by atoms with E-state index in [9.17, 15) is 0 Å². The number of hydrogen-bond donors (Lipinski definition) is 2. The summed E-state index contributed by atoms with van der Waals surface area (Å²) in [7, 11) is 1.79. The van der Waals surface area contributed by atoms with E-state index in [-0.39, 0.29) is 29.4 Å². The molecule has 25 heavy (non-hydrogen) atoms. The zero-order valence-electron chi connectivity index (χ0n) is 16.3. The maximum absolute atomic E-state index is 5.94. The first kappa shape index (κ1) is 22.2. The number of aromatic nitrogens is 1. The van der Waals surface area contributed by atoms with Gasteiger partial charge < -0.3 is 19.8 Å². The number of hydrogen-bond acceptors (Lipinski definition) is 4. The molecule has 0 radical (unpaired) electrons. The quantitative estimate of drug-likeness (QED) is 0.367. The van der Waals surface area contributed by atoms with Gasteiger partial charge in [0.25, 0.3) is 0 Å². The third-order valence-corrected chi connectivity index (χ3v) is 5.48. The predicted octanol–water partition coefficient (Wildman–Crippen LogP) is 3.56. The lowest BCUT2D eigenvalue weighted by molar-refractivity contribution is -0.133. The van der Waals surface area contributed by atoms with Crippen molar-refractivity contribution in [3.63, 3.8) is 0 Å². The molecular weight excluding hydrogens is 431 g/mol. The molecule has 7 heteroatoms. The molecule has 2 rings (SSSR count). The van der Waals surface area contributed by atoms with Crippen molar-refractivity contribution >= 4 is 29.9 Å². The first-order valence-electron chi connectivity index (χ1n) is 9.02. The fourth-order valence-corrected chi connectivity index (χ4v) is 3.72. The van der Waals surface area contributed by atoms with Crippen molar-refractivity contribution in [3.05, 3.63) is 17.3 Å². The molecule has 1 heterocycles. The summed E-state index contributed by atoms with van der Waals surface area (Å²) in [6, 6.07) is 0.378. The zero-order valence-corrected chi connectivity index (χ0v) is 18.6. The second kappa shape index (κ2) is 9.75. The van der Waals surface area contributed by atoms with Gasteiger partial charge in [0.1, 0.15) is 5.76 Å². The Kier molecular flexibility index (Phi) is 8.67. The van der Waals surface area contributed by atoms with E-state index in [1.54, 1.807) is 7.05 Å². The molecule has 1 aromatic heterocycles. The summed E-state index contributed by atoms with van der Waals surface area (Å²) in [6.45, 7) is 11.7. The summed E-state index contributed by atoms with van der Waals surface area (Å²) < 4.78 is 11.6. The molecule has 2 N–H and O–H groups in total. The minimum atomic E-state index is 0. The van der Waals surface area contributed by atoms with Crippen molar-refractivity contribution in [1.82, 2.24) is 15.6 Å². The fraction of sp³-hybridized carbons (Fsp3) is 0.778. The molecule has 2 atom stereocenters. The lowest BCUT2D eigenvalue weighted by Gasteiger charge is -2.55. The summed E-state index contributed by atoms with van der Waals surface area (Å²) in [6.07, 6.45) is 3.56. The van der Waals surface area contributed by atoms with E-state index in [0.29, 0.717) is 24.6 Å². The highest BCUT2D eigenvalue weighted by molar-refractivity contribution is 14.0. The topological polar surface area (TPSA) is 71.7 Å². The number of guanidine groups is 1. The molecular formula is C18H33IN4O2. The van der Waals surface area contributed by atoms with Crippen LogP contribution in [-0.4, -0.2) is 36.7 Å². The second-order valence-electron chi connectivity index (χ2n) is 6.49.